The first-order valence-electron chi connectivity index (χ1n) is 9.02. The maximum Gasteiger partial charge on any atom is 0.316 e. The normalized spacial score (nSPS) is 10.5. The van der Waals surface area contributed by atoms with Crippen LogP contribution in [0.5, 0.6) is 11.6 Å². The standard InChI is InChI=1S/C22H19N5O2/c1-14-6-2-5-9-17(14)26-22-24-13-12-20(27-22)29-19-11-10-18(25-21(23)28)15-7-3-4-8-16(15)19/h2-13H,1H3,(H3,23,25,28)(H,24,26,27). The van der Waals surface area contributed by atoms with Crippen molar-refractivity contribution in [2.24, 2.45) is 5.73 Å². The Morgan fingerprint density at radius 2 is 1.69 bits per heavy atom. The fraction of sp³-hybridized carbons (Fsp3) is 0.0455. The van der Waals surface area contributed by atoms with Crippen LogP contribution in [0.2, 0.25) is 0 Å². The van der Waals surface area contributed by atoms with Crippen LogP contribution in [0.3, 0.4) is 0 Å². The zero-order chi connectivity index (χ0) is 20.2. The lowest BCUT2D eigenvalue weighted by molar-refractivity contribution is 0.259. The van der Waals surface area contributed by atoms with Gasteiger partial charge in [0.15, 0.2) is 0 Å². The Morgan fingerprint density at radius 1 is 0.931 bits per heavy atom. The first-order valence-corrected chi connectivity index (χ1v) is 9.02. The number of amides is 2. The van der Waals surface area contributed by atoms with Crippen LogP contribution >= 0.6 is 0 Å². The summed E-state index contributed by atoms with van der Waals surface area (Å²) in [6.45, 7) is 2.01. The van der Waals surface area contributed by atoms with E-state index in [0.717, 1.165) is 22.0 Å². The smallest absolute Gasteiger partial charge is 0.316 e. The van der Waals surface area contributed by atoms with Crippen molar-refractivity contribution in [1.82, 2.24) is 9.97 Å². The van der Waals surface area contributed by atoms with Crippen molar-refractivity contribution in [2.75, 3.05) is 10.6 Å². The van der Waals surface area contributed by atoms with E-state index in [9.17, 15) is 4.79 Å². The summed E-state index contributed by atoms with van der Waals surface area (Å²) in [5, 5.41) is 7.47. The lowest BCUT2D eigenvalue weighted by atomic mass is 10.1. The Morgan fingerprint density at radius 3 is 2.48 bits per heavy atom. The lowest BCUT2D eigenvalue weighted by Crippen LogP contribution is -2.19. The highest BCUT2D eigenvalue weighted by molar-refractivity contribution is 6.03. The highest BCUT2D eigenvalue weighted by atomic mass is 16.5. The molecule has 2 amide bonds. The molecule has 0 aliphatic rings. The molecule has 4 rings (SSSR count). The number of aromatic nitrogens is 2. The second-order valence-electron chi connectivity index (χ2n) is 6.41. The van der Waals surface area contributed by atoms with Crippen LogP contribution in [0.4, 0.5) is 22.1 Å². The number of ether oxygens (including phenoxy) is 1. The summed E-state index contributed by atoms with van der Waals surface area (Å²) in [5.74, 6) is 1.45. The maximum absolute atomic E-state index is 11.3. The first kappa shape index (κ1) is 18.2. The fourth-order valence-corrected chi connectivity index (χ4v) is 3.01. The number of hydrogen-bond acceptors (Lipinski definition) is 5. The van der Waals surface area contributed by atoms with Crippen LogP contribution in [0.1, 0.15) is 5.56 Å². The number of nitrogens with two attached hydrogens (primary N) is 1. The van der Waals surface area contributed by atoms with Crippen LogP contribution in [-0.2, 0) is 0 Å². The molecule has 144 valence electrons. The number of benzene rings is 3. The van der Waals surface area contributed by atoms with Crippen LogP contribution in [0.15, 0.2) is 72.9 Å². The molecule has 7 heteroatoms. The molecule has 0 atom stereocenters. The second-order valence-corrected chi connectivity index (χ2v) is 6.41. The van der Waals surface area contributed by atoms with E-state index in [1.54, 1.807) is 24.4 Å². The molecule has 1 aromatic heterocycles. The van der Waals surface area contributed by atoms with Gasteiger partial charge in [-0.25, -0.2) is 9.78 Å². The van der Waals surface area contributed by atoms with E-state index >= 15 is 0 Å². The molecule has 0 radical (unpaired) electrons. The van der Waals surface area contributed by atoms with E-state index in [-0.39, 0.29) is 0 Å². The first-order chi connectivity index (χ1) is 14.1. The molecule has 1 heterocycles. The number of nitrogens with zero attached hydrogens (tertiary/aromatic N) is 2. The molecule has 0 saturated carbocycles. The number of para-hydroxylation sites is 1. The molecule has 0 unspecified atom stereocenters. The highest BCUT2D eigenvalue weighted by Crippen LogP contribution is 2.34. The number of carbonyl (C=O) groups excluding carboxylic acids is 1. The summed E-state index contributed by atoms with van der Waals surface area (Å²) in [4.78, 5) is 20.0. The number of carbonyl (C=O) groups is 1. The van der Waals surface area contributed by atoms with Crippen molar-refractivity contribution in [1.29, 1.82) is 0 Å². The molecule has 0 saturated heterocycles. The van der Waals surface area contributed by atoms with Gasteiger partial charge in [0.1, 0.15) is 5.75 Å². The minimum absolute atomic E-state index is 0.400. The number of hydrogen-bond donors (Lipinski definition) is 3. The monoisotopic (exact) mass is 385 g/mol. The maximum atomic E-state index is 11.3. The van der Waals surface area contributed by atoms with Gasteiger partial charge < -0.3 is 21.1 Å². The zero-order valence-electron chi connectivity index (χ0n) is 15.7. The van der Waals surface area contributed by atoms with Crippen molar-refractivity contribution in [3.8, 4) is 11.6 Å². The van der Waals surface area contributed by atoms with Gasteiger partial charge in [0.25, 0.3) is 0 Å². The van der Waals surface area contributed by atoms with Gasteiger partial charge in [-0.1, -0.05) is 42.5 Å². The van der Waals surface area contributed by atoms with Gasteiger partial charge >= 0.3 is 6.03 Å². The number of urea groups is 1. The number of primary amides is 1. The van der Waals surface area contributed by atoms with Gasteiger partial charge in [-0.15, -0.1) is 0 Å². The number of fused-ring (bicyclic) bond motifs is 1. The molecule has 0 bridgehead atoms. The van der Waals surface area contributed by atoms with E-state index in [4.69, 9.17) is 10.5 Å². The number of anilines is 3. The summed E-state index contributed by atoms with van der Waals surface area (Å²) < 4.78 is 6.03. The van der Waals surface area contributed by atoms with Crippen molar-refractivity contribution in [2.45, 2.75) is 6.92 Å². The summed E-state index contributed by atoms with van der Waals surface area (Å²) in [5.41, 5.74) is 7.89. The van der Waals surface area contributed by atoms with Crippen molar-refractivity contribution >= 4 is 34.1 Å². The van der Waals surface area contributed by atoms with Crippen LogP contribution in [0, 0.1) is 6.92 Å². The molecular formula is C22H19N5O2. The number of nitrogens with one attached hydrogen (secondary N) is 2. The van der Waals surface area contributed by atoms with Gasteiger partial charge in [-0.2, -0.15) is 4.98 Å². The summed E-state index contributed by atoms with van der Waals surface area (Å²) >= 11 is 0. The molecule has 3 aromatic carbocycles. The molecule has 0 aliphatic heterocycles. The highest BCUT2D eigenvalue weighted by Gasteiger charge is 2.10. The molecule has 0 spiro atoms. The lowest BCUT2D eigenvalue weighted by Gasteiger charge is -2.13. The molecular weight excluding hydrogens is 366 g/mol. The Kier molecular flexibility index (Phi) is 4.94. The number of aryl methyl sites for hydroxylation is 1. The van der Waals surface area contributed by atoms with Crippen LogP contribution < -0.4 is 21.1 Å². The van der Waals surface area contributed by atoms with E-state index in [1.807, 2.05) is 55.5 Å². The third-order valence-corrected chi connectivity index (χ3v) is 4.38. The van der Waals surface area contributed by atoms with Crippen molar-refractivity contribution < 1.29 is 9.53 Å². The third kappa shape index (κ3) is 4.08. The van der Waals surface area contributed by atoms with Crippen molar-refractivity contribution in [3.05, 3.63) is 78.5 Å². The second kappa shape index (κ2) is 7.85. The summed E-state index contributed by atoms with van der Waals surface area (Å²) in [6, 6.07) is 20.1. The zero-order valence-corrected chi connectivity index (χ0v) is 15.7. The molecule has 29 heavy (non-hydrogen) atoms. The topological polar surface area (TPSA) is 102 Å². The Bertz CT molecular complexity index is 1190. The SMILES string of the molecule is Cc1ccccc1Nc1nccc(Oc2ccc(NC(N)=O)c3ccccc23)n1. The third-order valence-electron chi connectivity index (χ3n) is 4.38. The largest absolute Gasteiger partial charge is 0.438 e. The molecule has 0 aliphatic carbocycles. The summed E-state index contributed by atoms with van der Waals surface area (Å²) in [7, 11) is 0. The van der Waals surface area contributed by atoms with E-state index in [2.05, 4.69) is 20.6 Å². The number of rotatable bonds is 5. The predicted molar refractivity (Wildman–Crippen MR) is 114 cm³/mol. The average Bonchev–Trinajstić information content (AvgIpc) is 2.72. The molecule has 7 nitrogen and oxygen atoms in total. The van der Waals surface area contributed by atoms with E-state index in [1.165, 1.54) is 0 Å². The van der Waals surface area contributed by atoms with Gasteiger partial charge in [0, 0.05) is 28.7 Å². The minimum atomic E-state index is -0.619. The van der Waals surface area contributed by atoms with Gasteiger partial charge in [-0.05, 0) is 30.7 Å². The van der Waals surface area contributed by atoms with Gasteiger partial charge in [0.2, 0.25) is 11.8 Å². The van der Waals surface area contributed by atoms with Crippen molar-refractivity contribution in [3.63, 3.8) is 0 Å². The fourth-order valence-electron chi connectivity index (χ4n) is 3.01. The Balaban J connectivity index is 1.64. The van der Waals surface area contributed by atoms with E-state index in [0.29, 0.717) is 23.3 Å². The van der Waals surface area contributed by atoms with Crippen LogP contribution in [-0.4, -0.2) is 16.0 Å². The van der Waals surface area contributed by atoms with E-state index < -0.39 is 6.03 Å². The summed E-state index contributed by atoms with van der Waals surface area (Å²) in [6.07, 6.45) is 1.63. The molecule has 4 aromatic rings. The van der Waals surface area contributed by atoms with Gasteiger partial charge in [0.05, 0.1) is 5.69 Å². The Hall–Kier alpha value is -4.13. The van der Waals surface area contributed by atoms with Crippen LogP contribution in [0.25, 0.3) is 10.8 Å². The minimum Gasteiger partial charge on any atom is -0.438 e. The molecule has 0 fully saturated rings. The van der Waals surface area contributed by atoms with Gasteiger partial charge in [-0.3, -0.25) is 0 Å². The Labute approximate surface area is 167 Å². The molecule has 4 N–H and O–H groups in total. The predicted octanol–water partition coefficient (Wildman–Crippen LogP) is 4.96. The average molecular weight is 385 g/mol. The quantitative estimate of drug-likeness (QED) is 0.450.